The van der Waals surface area contributed by atoms with Gasteiger partial charge in [0, 0.05) is 5.56 Å². The van der Waals surface area contributed by atoms with Crippen LogP contribution < -0.4 is 9.47 Å². The molecule has 1 aromatic rings. The van der Waals surface area contributed by atoms with Crippen LogP contribution in [0.4, 0.5) is 0 Å². The first-order valence-corrected chi connectivity index (χ1v) is 4.26. The summed E-state index contributed by atoms with van der Waals surface area (Å²) in [7, 11) is 2.87. The van der Waals surface area contributed by atoms with E-state index in [1.807, 2.05) is 0 Å². The third-order valence-corrected chi connectivity index (χ3v) is 2.19. The average molecular weight is 219 g/mol. The highest BCUT2D eigenvalue weighted by Crippen LogP contribution is 2.43. The minimum atomic E-state index is -0.314. The van der Waals surface area contributed by atoms with Gasteiger partial charge < -0.3 is 19.7 Å². The Bertz CT molecular complexity index is 338. The number of aliphatic hydroxyl groups is 1. The number of methoxy groups -OCH3 is 2. The summed E-state index contributed by atoms with van der Waals surface area (Å²) in [6.45, 7) is -0.314. The lowest BCUT2D eigenvalue weighted by atomic mass is 10.2. The quantitative estimate of drug-likeness (QED) is 0.808. The van der Waals surface area contributed by atoms with E-state index in [1.54, 1.807) is 0 Å². The lowest BCUT2D eigenvalue weighted by Gasteiger charge is -2.12. The maximum absolute atomic E-state index is 9.50. The van der Waals surface area contributed by atoms with Crippen LogP contribution in [0.5, 0.6) is 17.2 Å². The van der Waals surface area contributed by atoms with Crippen molar-refractivity contribution in [2.45, 2.75) is 6.61 Å². The number of hydrogen-bond donors (Lipinski definition) is 2. The summed E-state index contributed by atoms with van der Waals surface area (Å²) in [6, 6.07) is 1.47. The summed E-state index contributed by atoms with van der Waals surface area (Å²) in [5, 5.41) is 18.5. The molecule has 78 valence electrons. The van der Waals surface area contributed by atoms with Crippen molar-refractivity contribution in [2.24, 2.45) is 0 Å². The molecule has 1 aromatic carbocycles. The van der Waals surface area contributed by atoms with Gasteiger partial charge in [0.15, 0.2) is 11.5 Å². The predicted molar refractivity (Wildman–Crippen MR) is 52.1 cm³/mol. The van der Waals surface area contributed by atoms with Crippen LogP contribution in [0.1, 0.15) is 5.56 Å². The first kappa shape index (κ1) is 10.9. The van der Waals surface area contributed by atoms with Crippen LogP contribution in [0.25, 0.3) is 0 Å². The average Bonchev–Trinajstić information content (AvgIpc) is 2.21. The van der Waals surface area contributed by atoms with Crippen LogP contribution >= 0.6 is 11.6 Å². The minimum absolute atomic E-state index is 0.0379. The summed E-state index contributed by atoms with van der Waals surface area (Å²) < 4.78 is 9.93. The van der Waals surface area contributed by atoms with Gasteiger partial charge in [0.1, 0.15) is 10.8 Å². The molecule has 0 bridgehead atoms. The number of ether oxygens (including phenoxy) is 2. The van der Waals surface area contributed by atoms with Gasteiger partial charge in [0.2, 0.25) is 0 Å². The van der Waals surface area contributed by atoms with Crippen LogP contribution in [0.15, 0.2) is 6.07 Å². The molecule has 0 spiro atoms. The molecular weight excluding hydrogens is 208 g/mol. The standard InChI is InChI=1S/C9H11ClO4/c1-13-6-3-5(4-11)8(12)7(10)9(6)14-2/h3,11-12H,4H2,1-2H3. The fraction of sp³-hybridized carbons (Fsp3) is 0.333. The number of benzene rings is 1. The van der Waals surface area contributed by atoms with Gasteiger partial charge >= 0.3 is 0 Å². The van der Waals surface area contributed by atoms with E-state index in [-0.39, 0.29) is 23.1 Å². The summed E-state index contributed by atoms with van der Waals surface area (Å²) in [6.07, 6.45) is 0. The van der Waals surface area contributed by atoms with Crippen molar-refractivity contribution >= 4 is 11.6 Å². The van der Waals surface area contributed by atoms with E-state index >= 15 is 0 Å². The van der Waals surface area contributed by atoms with Gasteiger partial charge in [-0.2, -0.15) is 0 Å². The number of aromatic hydroxyl groups is 1. The molecule has 0 aliphatic carbocycles. The Kier molecular flexibility index (Phi) is 3.43. The molecule has 0 unspecified atom stereocenters. The first-order valence-electron chi connectivity index (χ1n) is 3.88. The topological polar surface area (TPSA) is 58.9 Å². The lowest BCUT2D eigenvalue weighted by molar-refractivity contribution is 0.273. The fourth-order valence-electron chi connectivity index (χ4n) is 1.11. The summed E-state index contributed by atoms with van der Waals surface area (Å²) in [5.41, 5.74) is 0.299. The molecule has 0 radical (unpaired) electrons. The van der Waals surface area contributed by atoms with Gasteiger partial charge in [-0.3, -0.25) is 0 Å². The highest BCUT2D eigenvalue weighted by Gasteiger charge is 2.16. The van der Waals surface area contributed by atoms with Crippen LogP contribution in [-0.2, 0) is 6.61 Å². The van der Waals surface area contributed by atoms with E-state index in [4.69, 9.17) is 26.2 Å². The molecule has 0 fully saturated rings. The van der Waals surface area contributed by atoms with E-state index in [1.165, 1.54) is 20.3 Å². The zero-order valence-electron chi connectivity index (χ0n) is 7.87. The third kappa shape index (κ3) is 1.71. The lowest BCUT2D eigenvalue weighted by Crippen LogP contribution is -1.95. The van der Waals surface area contributed by atoms with Gasteiger partial charge in [-0.05, 0) is 6.07 Å². The molecule has 2 N–H and O–H groups in total. The first-order chi connectivity index (χ1) is 6.65. The fourth-order valence-corrected chi connectivity index (χ4v) is 1.40. The second-order valence-corrected chi connectivity index (χ2v) is 2.97. The number of halogens is 1. The smallest absolute Gasteiger partial charge is 0.183 e. The Hall–Kier alpha value is -1.13. The Morgan fingerprint density at radius 3 is 2.43 bits per heavy atom. The highest BCUT2D eigenvalue weighted by atomic mass is 35.5. The largest absolute Gasteiger partial charge is 0.506 e. The van der Waals surface area contributed by atoms with Crippen molar-refractivity contribution < 1.29 is 19.7 Å². The molecule has 0 atom stereocenters. The van der Waals surface area contributed by atoms with Crippen LogP contribution in [0.3, 0.4) is 0 Å². The number of phenols is 1. The minimum Gasteiger partial charge on any atom is -0.506 e. The monoisotopic (exact) mass is 218 g/mol. The van der Waals surface area contributed by atoms with Crippen molar-refractivity contribution in [1.82, 2.24) is 0 Å². The molecule has 0 aliphatic rings. The SMILES string of the molecule is COc1cc(CO)c(O)c(Cl)c1OC. The van der Waals surface area contributed by atoms with Gasteiger partial charge in [-0.25, -0.2) is 0 Å². The van der Waals surface area contributed by atoms with E-state index < -0.39 is 0 Å². The zero-order chi connectivity index (χ0) is 10.7. The van der Waals surface area contributed by atoms with Crippen LogP contribution in [0, 0.1) is 0 Å². The number of aliphatic hydroxyl groups excluding tert-OH is 1. The zero-order valence-corrected chi connectivity index (χ0v) is 8.63. The molecule has 0 saturated heterocycles. The molecular formula is C9H11ClO4. The Morgan fingerprint density at radius 2 is 2.00 bits per heavy atom. The molecule has 5 heteroatoms. The summed E-state index contributed by atoms with van der Waals surface area (Å²) in [5.74, 6) is 0.440. The second kappa shape index (κ2) is 4.39. The number of hydrogen-bond acceptors (Lipinski definition) is 4. The third-order valence-electron chi connectivity index (χ3n) is 1.83. The maximum atomic E-state index is 9.50. The Morgan fingerprint density at radius 1 is 1.36 bits per heavy atom. The second-order valence-electron chi connectivity index (χ2n) is 2.59. The molecule has 0 aliphatic heterocycles. The molecule has 0 saturated carbocycles. The highest BCUT2D eigenvalue weighted by molar-refractivity contribution is 6.33. The van der Waals surface area contributed by atoms with Crippen molar-refractivity contribution in [3.63, 3.8) is 0 Å². The molecule has 0 aromatic heterocycles. The Balaban J connectivity index is 3.38. The van der Waals surface area contributed by atoms with Gasteiger partial charge in [0.05, 0.1) is 20.8 Å². The van der Waals surface area contributed by atoms with Crippen molar-refractivity contribution in [3.8, 4) is 17.2 Å². The van der Waals surface area contributed by atoms with Crippen molar-refractivity contribution in [3.05, 3.63) is 16.7 Å². The molecule has 4 nitrogen and oxygen atoms in total. The van der Waals surface area contributed by atoms with Crippen molar-refractivity contribution in [1.29, 1.82) is 0 Å². The van der Waals surface area contributed by atoms with Gasteiger partial charge in [-0.15, -0.1) is 0 Å². The van der Waals surface area contributed by atoms with E-state index in [0.717, 1.165) is 0 Å². The summed E-state index contributed by atoms with van der Waals surface area (Å²) in [4.78, 5) is 0. The molecule has 0 heterocycles. The maximum Gasteiger partial charge on any atom is 0.183 e. The Labute approximate surface area is 86.6 Å². The van der Waals surface area contributed by atoms with E-state index in [9.17, 15) is 5.11 Å². The summed E-state index contributed by atoms with van der Waals surface area (Å²) >= 11 is 5.80. The molecule has 14 heavy (non-hydrogen) atoms. The van der Waals surface area contributed by atoms with E-state index in [2.05, 4.69) is 0 Å². The van der Waals surface area contributed by atoms with Gasteiger partial charge in [0.25, 0.3) is 0 Å². The van der Waals surface area contributed by atoms with Crippen LogP contribution in [0.2, 0.25) is 5.02 Å². The van der Waals surface area contributed by atoms with E-state index in [0.29, 0.717) is 11.3 Å². The molecule has 0 amide bonds. The van der Waals surface area contributed by atoms with Gasteiger partial charge in [-0.1, -0.05) is 11.6 Å². The number of rotatable bonds is 3. The normalized spacial score (nSPS) is 10.0. The predicted octanol–water partition coefficient (Wildman–Crippen LogP) is 1.56. The molecule has 1 rings (SSSR count). The van der Waals surface area contributed by atoms with Crippen LogP contribution in [-0.4, -0.2) is 24.4 Å². The van der Waals surface area contributed by atoms with Crippen molar-refractivity contribution in [2.75, 3.05) is 14.2 Å².